The lowest BCUT2D eigenvalue weighted by Gasteiger charge is -2.29. The first-order valence-corrected chi connectivity index (χ1v) is 13.1. The Balaban J connectivity index is 1.58. The van der Waals surface area contributed by atoms with Crippen molar-refractivity contribution < 1.29 is 18.7 Å². The summed E-state index contributed by atoms with van der Waals surface area (Å²) in [7, 11) is 0. The van der Waals surface area contributed by atoms with Crippen molar-refractivity contribution in [1.82, 2.24) is 19.0 Å². The number of morpholine rings is 1. The normalized spacial score (nSPS) is 14.5. The average molecular weight is 525 g/mol. The summed E-state index contributed by atoms with van der Waals surface area (Å²) in [6.07, 6.45) is 6.38. The molecule has 5 aromatic rings. The van der Waals surface area contributed by atoms with Crippen molar-refractivity contribution in [2.75, 3.05) is 26.3 Å². The molecule has 2 aliphatic rings. The highest BCUT2D eigenvalue weighted by Gasteiger charge is 2.32. The number of ether oxygens (including phenoxy) is 2. The smallest absolute Gasteiger partial charge is 0.259 e. The van der Waals surface area contributed by atoms with Crippen molar-refractivity contribution in [2.45, 2.75) is 19.8 Å². The molecule has 0 atom stereocenters. The first kappa shape index (κ1) is 23.6. The lowest BCUT2D eigenvalue weighted by Crippen LogP contribution is -2.42. The number of fused-ring (bicyclic) bond motifs is 4. The highest BCUT2D eigenvalue weighted by molar-refractivity contribution is 6.03. The molecule has 39 heavy (non-hydrogen) atoms. The van der Waals surface area contributed by atoms with Crippen molar-refractivity contribution >= 4 is 27.6 Å². The Kier molecular flexibility index (Phi) is 5.48. The van der Waals surface area contributed by atoms with Crippen LogP contribution in [0.5, 0.6) is 11.5 Å². The third-order valence-electron chi connectivity index (χ3n) is 7.45. The number of carbonyl (C=O) groups is 1. The summed E-state index contributed by atoms with van der Waals surface area (Å²) in [5.74, 6) is 0.378. The van der Waals surface area contributed by atoms with Gasteiger partial charge in [-0.3, -0.25) is 14.2 Å². The molecule has 0 aliphatic carbocycles. The molecule has 2 aliphatic heterocycles. The third kappa shape index (κ3) is 3.57. The van der Waals surface area contributed by atoms with Crippen molar-refractivity contribution in [3.8, 4) is 22.9 Å². The highest BCUT2D eigenvalue weighted by Crippen LogP contribution is 2.46. The van der Waals surface area contributed by atoms with Crippen LogP contribution in [0.25, 0.3) is 33.1 Å². The van der Waals surface area contributed by atoms with Crippen molar-refractivity contribution in [3.63, 3.8) is 0 Å². The number of hydrogen-bond acceptors (Lipinski definition) is 5. The Bertz CT molecular complexity index is 1850. The van der Waals surface area contributed by atoms with Crippen molar-refractivity contribution in [2.24, 2.45) is 0 Å². The van der Waals surface area contributed by atoms with E-state index in [1.165, 1.54) is 6.07 Å². The number of carbonyl (C=O) groups excluding carboxylic acids is 1. The molecule has 2 aromatic heterocycles. The second kappa shape index (κ2) is 9.06. The summed E-state index contributed by atoms with van der Waals surface area (Å²) in [6, 6.07) is 12.8. The van der Waals surface area contributed by atoms with Crippen LogP contribution in [0.1, 0.15) is 29.5 Å². The van der Waals surface area contributed by atoms with Gasteiger partial charge in [-0.1, -0.05) is 37.3 Å². The molecular formula is C30H25FN4O4. The van der Waals surface area contributed by atoms with Crippen LogP contribution in [0.15, 0.2) is 65.8 Å². The molecule has 7 rings (SSSR count). The summed E-state index contributed by atoms with van der Waals surface area (Å²) in [4.78, 5) is 33.4. The van der Waals surface area contributed by atoms with Crippen LogP contribution in [0.3, 0.4) is 0 Å². The van der Waals surface area contributed by atoms with Gasteiger partial charge in [0.25, 0.3) is 5.91 Å². The number of halogens is 1. The van der Waals surface area contributed by atoms with E-state index in [-0.39, 0.29) is 22.4 Å². The maximum atomic E-state index is 16.0. The first-order valence-electron chi connectivity index (χ1n) is 13.1. The standard InChI is InChI=1S/C30H25FN4O4/c1-2-5-24-32-10-11-34(24)27-22(31)16-20-26-29(27)39-23-9-8-18-6-3-4-7-19(18)25(23)35(26)17-21(28(20)36)30(37)33-12-14-38-15-13-33/h3-4,6-11,16-17H,2,5,12-15H2,1H3. The molecule has 1 amide bonds. The lowest BCUT2D eigenvalue weighted by molar-refractivity contribution is 0.0302. The summed E-state index contributed by atoms with van der Waals surface area (Å²) >= 11 is 0. The highest BCUT2D eigenvalue weighted by atomic mass is 19.1. The molecule has 196 valence electrons. The van der Waals surface area contributed by atoms with Gasteiger partial charge in [0.2, 0.25) is 5.43 Å². The number of imidazole rings is 1. The van der Waals surface area contributed by atoms with Crippen molar-refractivity contribution in [1.29, 1.82) is 0 Å². The van der Waals surface area contributed by atoms with Gasteiger partial charge >= 0.3 is 0 Å². The Labute approximate surface area is 222 Å². The fraction of sp³-hybridized carbons (Fsp3) is 0.233. The summed E-state index contributed by atoms with van der Waals surface area (Å²) < 4.78 is 31.3. The van der Waals surface area contributed by atoms with Crippen molar-refractivity contribution in [3.05, 3.63) is 88.5 Å². The molecule has 8 nitrogen and oxygen atoms in total. The van der Waals surface area contributed by atoms with Crippen LogP contribution in [-0.2, 0) is 11.2 Å². The fourth-order valence-corrected chi connectivity index (χ4v) is 5.63. The summed E-state index contributed by atoms with van der Waals surface area (Å²) in [5.41, 5.74) is 0.741. The third-order valence-corrected chi connectivity index (χ3v) is 7.45. The van der Waals surface area contributed by atoms with E-state index in [0.29, 0.717) is 55.5 Å². The van der Waals surface area contributed by atoms with E-state index < -0.39 is 17.2 Å². The Hall–Kier alpha value is -4.50. The van der Waals surface area contributed by atoms with Crippen LogP contribution in [0, 0.1) is 5.82 Å². The van der Waals surface area contributed by atoms with Gasteiger partial charge in [-0.2, -0.15) is 0 Å². The Morgan fingerprint density at radius 3 is 2.69 bits per heavy atom. The molecule has 0 radical (unpaired) electrons. The zero-order valence-corrected chi connectivity index (χ0v) is 21.3. The molecule has 0 unspecified atom stereocenters. The minimum atomic E-state index is -0.628. The minimum absolute atomic E-state index is 0.0161. The number of nitrogens with zero attached hydrogens (tertiary/aromatic N) is 4. The lowest BCUT2D eigenvalue weighted by atomic mass is 10.0. The van der Waals surface area contributed by atoms with Gasteiger partial charge < -0.3 is 18.9 Å². The topological polar surface area (TPSA) is 78.6 Å². The fourth-order valence-electron chi connectivity index (χ4n) is 5.63. The molecule has 1 fully saturated rings. The number of aromatic nitrogens is 3. The Morgan fingerprint density at radius 2 is 1.87 bits per heavy atom. The van der Waals surface area contributed by atoms with E-state index in [4.69, 9.17) is 9.47 Å². The van der Waals surface area contributed by atoms with Gasteiger partial charge in [-0.15, -0.1) is 0 Å². The maximum Gasteiger partial charge on any atom is 0.259 e. The number of aryl methyl sites for hydroxylation is 1. The number of amides is 1. The van der Waals surface area contributed by atoms with Crippen LogP contribution >= 0.6 is 0 Å². The van der Waals surface area contributed by atoms with Crippen LogP contribution < -0.4 is 10.2 Å². The Morgan fingerprint density at radius 1 is 1.05 bits per heavy atom. The van der Waals surface area contributed by atoms with Gasteiger partial charge in [0, 0.05) is 43.5 Å². The largest absolute Gasteiger partial charge is 0.451 e. The quantitative estimate of drug-likeness (QED) is 0.324. The van der Waals surface area contributed by atoms with Gasteiger partial charge in [-0.05, 0) is 23.9 Å². The first-order chi connectivity index (χ1) is 19.1. The molecular weight excluding hydrogens is 499 g/mol. The summed E-state index contributed by atoms with van der Waals surface area (Å²) in [5, 5.41) is 1.94. The molecule has 0 saturated carbocycles. The number of pyridine rings is 1. The maximum absolute atomic E-state index is 16.0. The van der Waals surface area contributed by atoms with Crippen LogP contribution in [0.4, 0.5) is 4.39 Å². The molecule has 0 bridgehead atoms. The van der Waals surface area contributed by atoms with E-state index in [9.17, 15) is 9.59 Å². The molecule has 0 spiro atoms. The van der Waals surface area contributed by atoms with Gasteiger partial charge in [0.05, 0.1) is 24.3 Å². The molecule has 3 aromatic carbocycles. The van der Waals surface area contributed by atoms with Gasteiger partial charge in [0.15, 0.2) is 17.3 Å². The van der Waals surface area contributed by atoms with Crippen LogP contribution in [0.2, 0.25) is 0 Å². The van der Waals surface area contributed by atoms with Crippen LogP contribution in [-0.4, -0.2) is 51.2 Å². The SMILES string of the molecule is CCCc1nccn1-c1c(F)cc2c(=O)c(C(=O)N3CCOCC3)cn3c2c1Oc1ccc2ccccc2c1-3. The van der Waals surface area contributed by atoms with E-state index in [1.54, 1.807) is 28.1 Å². The zero-order valence-electron chi connectivity index (χ0n) is 21.3. The zero-order chi connectivity index (χ0) is 26.7. The van der Waals surface area contributed by atoms with Gasteiger partial charge in [0.1, 0.15) is 22.6 Å². The number of hydrogen-bond donors (Lipinski definition) is 0. The van der Waals surface area contributed by atoms with E-state index in [0.717, 1.165) is 17.2 Å². The van der Waals surface area contributed by atoms with E-state index in [1.807, 2.05) is 47.9 Å². The molecule has 1 saturated heterocycles. The minimum Gasteiger partial charge on any atom is -0.451 e. The molecule has 4 heterocycles. The number of rotatable bonds is 4. The summed E-state index contributed by atoms with van der Waals surface area (Å²) in [6.45, 7) is 3.61. The van der Waals surface area contributed by atoms with E-state index >= 15 is 4.39 Å². The van der Waals surface area contributed by atoms with E-state index in [2.05, 4.69) is 4.98 Å². The predicted octanol–water partition coefficient (Wildman–Crippen LogP) is 5.00. The second-order valence-electron chi connectivity index (χ2n) is 9.78. The average Bonchev–Trinajstić information content (AvgIpc) is 3.42. The predicted molar refractivity (Wildman–Crippen MR) is 145 cm³/mol. The monoisotopic (exact) mass is 524 g/mol. The molecule has 9 heteroatoms. The van der Waals surface area contributed by atoms with Gasteiger partial charge in [-0.25, -0.2) is 9.37 Å². The molecule has 0 N–H and O–H groups in total. The number of benzene rings is 3. The second-order valence-corrected chi connectivity index (χ2v) is 9.78.